The average Bonchev–Trinajstić information content (AvgIpc) is 2.96. The van der Waals surface area contributed by atoms with Crippen molar-refractivity contribution in [2.24, 2.45) is 17.8 Å². The lowest BCUT2D eigenvalue weighted by Gasteiger charge is -2.34. The van der Waals surface area contributed by atoms with Gasteiger partial charge in [0.25, 0.3) is 0 Å². The van der Waals surface area contributed by atoms with Crippen molar-refractivity contribution < 1.29 is 28.5 Å². The van der Waals surface area contributed by atoms with Gasteiger partial charge in [-0.05, 0) is 43.2 Å². The Morgan fingerprint density at radius 1 is 1.20 bits per heavy atom. The summed E-state index contributed by atoms with van der Waals surface area (Å²) in [7, 11) is -3.59. The van der Waals surface area contributed by atoms with Crippen LogP contribution >= 0.6 is 0 Å². The maximum Gasteiger partial charge on any atom is 0.327 e. The molecule has 0 aromatic heterocycles. The number of hydrogen-bond donors (Lipinski definition) is 3. The van der Waals surface area contributed by atoms with Gasteiger partial charge in [0.05, 0.1) is 23.6 Å². The number of sulfonamides is 1. The van der Waals surface area contributed by atoms with Gasteiger partial charge in [0.2, 0.25) is 10.0 Å². The van der Waals surface area contributed by atoms with Crippen molar-refractivity contribution in [1.29, 1.82) is 0 Å². The SMILES string of the molecule is CCCS(=O)(=O)N(CC1C(O)CC(O)C1C(CC)C/C=C\C(=O)O)c1ccccc1. The second kappa shape index (κ2) is 10.9. The lowest BCUT2D eigenvalue weighted by Crippen LogP contribution is -2.42. The van der Waals surface area contributed by atoms with Gasteiger partial charge in [0.15, 0.2) is 0 Å². The van der Waals surface area contributed by atoms with Crippen LogP contribution in [0.15, 0.2) is 42.5 Å². The molecule has 1 aliphatic carbocycles. The number of para-hydroxylation sites is 1. The fourth-order valence-electron chi connectivity index (χ4n) is 4.50. The number of carboxylic acid groups (broad SMARTS) is 1. The highest BCUT2D eigenvalue weighted by atomic mass is 32.2. The highest BCUT2D eigenvalue weighted by Gasteiger charge is 2.46. The fourth-order valence-corrected chi connectivity index (χ4v) is 6.08. The molecule has 30 heavy (non-hydrogen) atoms. The molecule has 1 saturated carbocycles. The zero-order valence-electron chi connectivity index (χ0n) is 17.6. The van der Waals surface area contributed by atoms with Crippen LogP contribution < -0.4 is 4.31 Å². The number of allylic oxidation sites excluding steroid dienone is 1. The minimum Gasteiger partial charge on any atom is -0.478 e. The first-order valence-corrected chi connectivity index (χ1v) is 12.1. The quantitative estimate of drug-likeness (QED) is 0.457. The molecule has 0 amide bonds. The number of carboxylic acids is 1. The van der Waals surface area contributed by atoms with Gasteiger partial charge in [-0.1, -0.05) is 44.5 Å². The number of hydrogen-bond acceptors (Lipinski definition) is 5. The first kappa shape index (κ1) is 24.4. The molecule has 168 valence electrons. The second-order valence-corrected chi connectivity index (χ2v) is 9.95. The molecule has 0 radical (unpaired) electrons. The monoisotopic (exact) mass is 439 g/mol. The molecule has 0 bridgehead atoms. The van der Waals surface area contributed by atoms with Crippen molar-refractivity contribution >= 4 is 21.7 Å². The second-order valence-electron chi connectivity index (χ2n) is 7.94. The van der Waals surface area contributed by atoms with E-state index in [0.29, 0.717) is 24.9 Å². The van der Waals surface area contributed by atoms with Crippen LogP contribution in [-0.2, 0) is 14.8 Å². The van der Waals surface area contributed by atoms with Crippen molar-refractivity contribution in [1.82, 2.24) is 0 Å². The van der Waals surface area contributed by atoms with Crippen molar-refractivity contribution in [2.75, 3.05) is 16.6 Å². The predicted octanol–water partition coefficient (Wildman–Crippen LogP) is 2.65. The maximum atomic E-state index is 13.0. The maximum absolute atomic E-state index is 13.0. The largest absolute Gasteiger partial charge is 0.478 e. The van der Waals surface area contributed by atoms with Crippen molar-refractivity contribution in [2.45, 2.75) is 51.7 Å². The third-order valence-electron chi connectivity index (χ3n) is 5.90. The highest BCUT2D eigenvalue weighted by molar-refractivity contribution is 7.92. The Hall–Kier alpha value is -1.90. The number of aliphatic hydroxyl groups is 2. The van der Waals surface area contributed by atoms with Gasteiger partial charge in [-0.3, -0.25) is 4.31 Å². The van der Waals surface area contributed by atoms with Gasteiger partial charge in [-0.15, -0.1) is 0 Å². The molecule has 3 N–H and O–H groups in total. The smallest absolute Gasteiger partial charge is 0.327 e. The summed E-state index contributed by atoms with van der Waals surface area (Å²) in [6.45, 7) is 3.84. The third-order valence-corrected chi connectivity index (χ3v) is 7.86. The van der Waals surface area contributed by atoms with Crippen molar-refractivity contribution in [3.8, 4) is 0 Å². The van der Waals surface area contributed by atoms with E-state index in [9.17, 15) is 23.4 Å². The molecule has 8 heteroatoms. The molecule has 0 aliphatic heterocycles. The summed E-state index contributed by atoms with van der Waals surface area (Å²) < 4.78 is 27.4. The summed E-state index contributed by atoms with van der Waals surface area (Å²) in [5, 5.41) is 30.2. The van der Waals surface area contributed by atoms with Gasteiger partial charge in [0.1, 0.15) is 0 Å². The summed E-state index contributed by atoms with van der Waals surface area (Å²) in [6.07, 6.45) is 2.84. The van der Waals surface area contributed by atoms with Crippen molar-refractivity contribution in [3.63, 3.8) is 0 Å². The predicted molar refractivity (Wildman–Crippen MR) is 117 cm³/mol. The lowest BCUT2D eigenvalue weighted by molar-refractivity contribution is -0.131. The molecular weight excluding hydrogens is 406 g/mol. The summed E-state index contributed by atoms with van der Waals surface area (Å²) in [4.78, 5) is 10.8. The van der Waals surface area contributed by atoms with E-state index in [0.717, 1.165) is 6.08 Å². The minimum absolute atomic E-state index is 0.00349. The first-order chi connectivity index (χ1) is 14.2. The molecule has 1 aliphatic rings. The Kier molecular flexibility index (Phi) is 8.88. The molecule has 0 saturated heterocycles. The van der Waals surface area contributed by atoms with E-state index in [-0.39, 0.29) is 30.6 Å². The van der Waals surface area contributed by atoms with E-state index in [1.807, 2.05) is 13.0 Å². The van der Waals surface area contributed by atoms with Gasteiger partial charge >= 0.3 is 5.97 Å². The summed E-state index contributed by atoms with van der Waals surface area (Å²) in [5.41, 5.74) is 0.539. The lowest BCUT2D eigenvalue weighted by atomic mass is 9.78. The van der Waals surface area contributed by atoms with E-state index >= 15 is 0 Å². The molecule has 2 rings (SSSR count). The van der Waals surface area contributed by atoms with Crippen LogP contribution in [0.1, 0.15) is 39.5 Å². The molecule has 5 unspecified atom stereocenters. The molecule has 5 atom stereocenters. The normalized spacial score (nSPS) is 25.5. The number of anilines is 1. The highest BCUT2D eigenvalue weighted by Crippen LogP contribution is 2.42. The molecule has 7 nitrogen and oxygen atoms in total. The van der Waals surface area contributed by atoms with Crippen LogP contribution in [0.2, 0.25) is 0 Å². The molecule has 1 fully saturated rings. The van der Waals surface area contributed by atoms with E-state index in [1.165, 1.54) is 4.31 Å². The zero-order chi connectivity index (χ0) is 22.3. The Morgan fingerprint density at radius 3 is 2.43 bits per heavy atom. The van der Waals surface area contributed by atoms with Crippen LogP contribution in [0.4, 0.5) is 5.69 Å². The number of benzene rings is 1. The molecule has 0 spiro atoms. The Balaban J connectivity index is 2.34. The standard InChI is InChI=1S/C22H33NO6S/c1-3-13-30(28,29)23(17-10-6-5-7-11-17)15-18-19(24)14-20(25)22(18)16(4-2)9-8-12-21(26)27/h5-8,10-12,16,18-20,22,24-25H,3-4,9,13-15H2,1-2H3,(H,26,27)/b12-8-. The van der Waals surface area contributed by atoms with Gasteiger partial charge in [0, 0.05) is 18.5 Å². The fraction of sp³-hybridized carbons (Fsp3) is 0.591. The van der Waals surface area contributed by atoms with Gasteiger partial charge in [-0.25, -0.2) is 13.2 Å². The molecule has 1 aromatic carbocycles. The van der Waals surface area contributed by atoms with Gasteiger partial charge in [-0.2, -0.15) is 0 Å². The number of nitrogens with zero attached hydrogens (tertiary/aromatic N) is 1. The Bertz CT molecular complexity index is 810. The molecular formula is C22H33NO6S. The average molecular weight is 440 g/mol. The number of carbonyl (C=O) groups is 1. The van der Waals surface area contributed by atoms with Crippen LogP contribution in [0, 0.1) is 17.8 Å². The number of aliphatic carboxylic acids is 1. The van der Waals surface area contributed by atoms with Crippen molar-refractivity contribution in [3.05, 3.63) is 42.5 Å². The van der Waals surface area contributed by atoms with E-state index in [4.69, 9.17) is 5.11 Å². The Morgan fingerprint density at radius 2 is 1.87 bits per heavy atom. The molecule has 1 aromatic rings. The summed E-state index contributed by atoms with van der Waals surface area (Å²) in [5.74, 6) is -1.88. The van der Waals surface area contributed by atoms with E-state index < -0.39 is 34.1 Å². The van der Waals surface area contributed by atoms with Crippen LogP contribution in [-0.4, -0.2) is 54.2 Å². The van der Waals surface area contributed by atoms with Crippen LogP contribution in [0.3, 0.4) is 0 Å². The van der Waals surface area contributed by atoms with Gasteiger partial charge < -0.3 is 15.3 Å². The molecule has 0 heterocycles. The summed E-state index contributed by atoms with van der Waals surface area (Å²) >= 11 is 0. The van der Waals surface area contributed by atoms with Crippen LogP contribution in [0.5, 0.6) is 0 Å². The minimum atomic E-state index is -3.59. The third kappa shape index (κ3) is 6.06. The van der Waals surface area contributed by atoms with E-state index in [2.05, 4.69) is 0 Å². The number of rotatable bonds is 11. The zero-order valence-corrected chi connectivity index (χ0v) is 18.4. The van der Waals surface area contributed by atoms with Crippen LogP contribution in [0.25, 0.3) is 0 Å². The van der Waals surface area contributed by atoms with E-state index in [1.54, 1.807) is 37.3 Å². The number of aliphatic hydroxyl groups excluding tert-OH is 2. The first-order valence-electron chi connectivity index (χ1n) is 10.5. The summed E-state index contributed by atoms with van der Waals surface area (Å²) in [6, 6.07) is 8.81. The topological polar surface area (TPSA) is 115 Å². The Labute approximate surface area is 179 Å².